The van der Waals surface area contributed by atoms with Crippen LogP contribution in [0.3, 0.4) is 0 Å². The summed E-state index contributed by atoms with van der Waals surface area (Å²) in [5.41, 5.74) is 5.24. The lowest BCUT2D eigenvalue weighted by Crippen LogP contribution is -2.52. The number of benzene rings is 3. The van der Waals surface area contributed by atoms with Crippen molar-refractivity contribution in [1.29, 1.82) is 0 Å². The highest BCUT2D eigenvalue weighted by molar-refractivity contribution is 7.10. The highest BCUT2D eigenvalue weighted by atomic mass is 32.1. The van der Waals surface area contributed by atoms with Crippen molar-refractivity contribution in [3.05, 3.63) is 118 Å². The van der Waals surface area contributed by atoms with Crippen LogP contribution in [0, 0.1) is 0 Å². The molecule has 0 aliphatic heterocycles. The SMILES string of the molecule is C[C@H](OCc1ccccc1)[C@@H](NC(=O)C(NC(=O)OCC1c2ccccc2-c2ccccc21)c1cccs1)C(=O)O. The Hall–Kier alpha value is -4.47. The highest BCUT2D eigenvalue weighted by Gasteiger charge is 2.33. The minimum Gasteiger partial charge on any atom is -0.480 e. The number of hydrogen-bond acceptors (Lipinski definition) is 6. The van der Waals surface area contributed by atoms with Gasteiger partial charge in [-0.3, -0.25) is 4.79 Å². The fourth-order valence-electron chi connectivity index (χ4n) is 4.99. The lowest BCUT2D eigenvalue weighted by atomic mass is 9.98. The van der Waals surface area contributed by atoms with E-state index >= 15 is 0 Å². The van der Waals surface area contributed by atoms with E-state index in [0.717, 1.165) is 27.8 Å². The first-order valence-corrected chi connectivity index (χ1v) is 14.1. The van der Waals surface area contributed by atoms with Crippen molar-refractivity contribution in [3.63, 3.8) is 0 Å². The van der Waals surface area contributed by atoms with E-state index in [9.17, 15) is 19.5 Å². The molecule has 5 rings (SSSR count). The number of rotatable bonds is 11. The Morgan fingerprint density at radius 3 is 2.10 bits per heavy atom. The summed E-state index contributed by atoms with van der Waals surface area (Å²) in [4.78, 5) is 39.0. The molecule has 0 spiro atoms. The number of fused-ring (bicyclic) bond motifs is 3. The first-order chi connectivity index (χ1) is 19.9. The molecule has 3 aromatic carbocycles. The van der Waals surface area contributed by atoms with Crippen molar-refractivity contribution in [2.45, 2.75) is 37.6 Å². The van der Waals surface area contributed by atoms with Crippen molar-refractivity contribution in [2.75, 3.05) is 6.61 Å². The first kappa shape index (κ1) is 28.1. The van der Waals surface area contributed by atoms with Crippen LogP contribution in [0.15, 0.2) is 96.4 Å². The molecule has 1 aliphatic rings. The topological polar surface area (TPSA) is 114 Å². The van der Waals surface area contributed by atoms with Crippen LogP contribution in [-0.4, -0.2) is 41.8 Å². The number of aliphatic carboxylic acids is 1. The third-order valence-corrected chi connectivity index (χ3v) is 8.02. The quantitative estimate of drug-likeness (QED) is 0.219. The number of hydrogen-bond donors (Lipinski definition) is 3. The third-order valence-electron chi connectivity index (χ3n) is 7.08. The molecule has 8 nitrogen and oxygen atoms in total. The molecule has 3 atom stereocenters. The summed E-state index contributed by atoms with van der Waals surface area (Å²) in [6.45, 7) is 1.86. The van der Waals surface area contributed by atoms with Gasteiger partial charge in [0.15, 0.2) is 6.04 Å². The van der Waals surface area contributed by atoms with Crippen LogP contribution in [0.25, 0.3) is 11.1 Å². The van der Waals surface area contributed by atoms with E-state index in [0.29, 0.717) is 4.88 Å². The number of amides is 2. The molecule has 1 aromatic heterocycles. The fraction of sp³-hybridized carbons (Fsp3) is 0.219. The standard InChI is InChI=1S/C32H30N2O6S/c1-20(39-18-21-10-3-2-4-11-21)28(31(36)37)33-30(35)29(27-16-9-17-41-27)34-32(38)40-19-26-24-14-7-5-12-22(24)23-13-6-8-15-25(23)26/h2-17,20,26,28-29H,18-19H2,1H3,(H,33,35)(H,34,38)(H,36,37)/t20-,28+,29?/m0/s1. The van der Waals surface area contributed by atoms with Crippen LogP contribution in [0.4, 0.5) is 4.79 Å². The Morgan fingerprint density at radius 2 is 1.49 bits per heavy atom. The number of ether oxygens (including phenoxy) is 2. The van der Waals surface area contributed by atoms with Gasteiger partial charge in [-0.1, -0.05) is 84.9 Å². The zero-order valence-corrected chi connectivity index (χ0v) is 23.2. The van der Waals surface area contributed by atoms with E-state index < -0.39 is 36.2 Å². The van der Waals surface area contributed by atoms with Crippen molar-refractivity contribution in [1.82, 2.24) is 10.6 Å². The van der Waals surface area contributed by atoms with E-state index in [1.807, 2.05) is 66.7 Å². The van der Waals surface area contributed by atoms with Crippen molar-refractivity contribution >= 4 is 29.3 Å². The summed E-state index contributed by atoms with van der Waals surface area (Å²) >= 11 is 1.27. The van der Waals surface area contributed by atoms with Crippen LogP contribution in [0.5, 0.6) is 0 Å². The molecule has 9 heteroatoms. The molecule has 210 valence electrons. The average molecular weight is 571 g/mol. The van der Waals surface area contributed by atoms with Gasteiger partial charge in [-0.2, -0.15) is 0 Å². The lowest BCUT2D eigenvalue weighted by Gasteiger charge is -2.25. The smallest absolute Gasteiger partial charge is 0.408 e. The molecule has 0 saturated heterocycles. The van der Waals surface area contributed by atoms with Gasteiger partial charge in [0.05, 0.1) is 12.7 Å². The molecule has 0 bridgehead atoms. The van der Waals surface area contributed by atoms with Crippen molar-refractivity contribution in [3.8, 4) is 11.1 Å². The maximum atomic E-state index is 13.4. The van der Waals surface area contributed by atoms with Crippen molar-refractivity contribution < 1.29 is 29.0 Å². The van der Waals surface area contributed by atoms with Crippen LogP contribution in [0.2, 0.25) is 0 Å². The lowest BCUT2D eigenvalue weighted by molar-refractivity contribution is -0.146. The van der Waals surface area contributed by atoms with E-state index in [1.54, 1.807) is 24.4 Å². The molecule has 2 amide bonds. The van der Waals surface area contributed by atoms with E-state index in [2.05, 4.69) is 22.8 Å². The monoisotopic (exact) mass is 570 g/mol. The molecular weight excluding hydrogens is 540 g/mol. The number of thiophene rings is 1. The number of carboxylic acids is 1. The largest absolute Gasteiger partial charge is 0.480 e. The van der Waals surface area contributed by atoms with Crippen LogP contribution < -0.4 is 10.6 Å². The van der Waals surface area contributed by atoms with Gasteiger partial charge in [-0.05, 0) is 46.2 Å². The minimum absolute atomic E-state index is 0.0841. The molecule has 3 N–H and O–H groups in total. The summed E-state index contributed by atoms with van der Waals surface area (Å²) in [5.74, 6) is -2.06. The van der Waals surface area contributed by atoms with Gasteiger partial charge in [0, 0.05) is 10.8 Å². The summed E-state index contributed by atoms with van der Waals surface area (Å²) < 4.78 is 11.4. The van der Waals surface area contributed by atoms with E-state index in [-0.39, 0.29) is 19.1 Å². The van der Waals surface area contributed by atoms with Gasteiger partial charge in [0.1, 0.15) is 12.6 Å². The Morgan fingerprint density at radius 1 is 0.854 bits per heavy atom. The molecule has 0 fully saturated rings. The van der Waals surface area contributed by atoms with Gasteiger partial charge in [0.2, 0.25) is 5.91 Å². The Labute approximate surface area is 241 Å². The predicted octanol–water partition coefficient (Wildman–Crippen LogP) is 5.50. The number of carboxylic acid groups (broad SMARTS) is 1. The Balaban J connectivity index is 1.25. The molecule has 41 heavy (non-hydrogen) atoms. The number of nitrogens with one attached hydrogen (secondary N) is 2. The van der Waals surface area contributed by atoms with Crippen LogP contribution in [-0.2, 0) is 25.7 Å². The molecule has 1 aliphatic carbocycles. The summed E-state index contributed by atoms with van der Waals surface area (Å²) in [6, 6.07) is 26.3. The van der Waals surface area contributed by atoms with Crippen molar-refractivity contribution in [2.24, 2.45) is 0 Å². The van der Waals surface area contributed by atoms with Gasteiger partial charge in [0.25, 0.3) is 0 Å². The number of alkyl carbamates (subject to hydrolysis) is 1. The molecule has 0 radical (unpaired) electrons. The molecule has 4 aromatic rings. The van der Waals surface area contributed by atoms with Gasteiger partial charge in [-0.25, -0.2) is 9.59 Å². The zero-order chi connectivity index (χ0) is 28.8. The predicted molar refractivity (Wildman–Crippen MR) is 156 cm³/mol. The van der Waals surface area contributed by atoms with Gasteiger partial charge in [-0.15, -0.1) is 11.3 Å². The normalized spacial score (nSPS) is 14.3. The Kier molecular flexibility index (Phi) is 8.76. The minimum atomic E-state index is -1.34. The van der Waals surface area contributed by atoms with E-state index in [1.165, 1.54) is 11.3 Å². The third kappa shape index (κ3) is 6.48. The number of carbonyl (C=O) groups is 3. The highest BCUT2D eigenvalue weighted by Crippen LogP contribution is 2.44. The second kappa shape index (κ2) is 12.8. The second-order valence-corrected chi connectivity index (χ2v) is 10.7. The average Bonchev–Trinajstić information content (AvgIpc) is 3.63. The van der Waals surface area contributed by atoms with Gasteiger partial charge < -0.3 is 25.2 Å². The molecule has 1 heterocycles. The Bertz CT molecular complexity index is 1460. The summed E-state index contributed by atoms with van der Waals surface area (Å²) in [5, 5.41) is 16.8. The molecule has 0 saturated carbocycles. The molecule has 1 unspecified atom stereocenters. The van der Waals surface area contributed by atoms with Gasteiger partial charge >= 0.3 is 12.1 Å². The number of carbonyl (C=O) groups excluding carboxylic acids is 2. The zero-order valence-electron chi connectivity index (χ0n) is 22.4. The summed E-state index contributed by atoms with van der Waals surface area (Å²) in [7, 11) is 0. The van der Waals surface area contributed by atoms with Crippen LogP contribution >= 0.6 is 11.3 Å². The molecular formula is C32H30N2O6S. The maximum absolute atomic E-state index is 13.4. The first-order valence-electron chi connectivity index (χ1n) is 13.3. The van der Waals surface area contributed by atoms with Crippen LogP contribution in [0.1, 0.15) is 40.5 Å². The summed E-state index contributed by atoms with van der Waals surface area (Å²) in [6.07, 6.45) is -1.62. The van der Waals surface area contributed by atoms with E-state index in [4.69, 9.17) is 9.47 Å². The second-order valence-electron chi connectivity index (χ2n) is 9.74. The fourth-order valence-corrected chi connectivity index (χ4v) is 5.77. The maximum Gasteiger partial charge on any atom is 0.408 e.